The lowest BCUT2D eigenvalue weighted by Crippen LogP contribution is -2.07. The average molecular weight is 219 g/mol. The molecule has 0 aromatic carbocycles. The second kappa shape index (κ2) is 4.50. The van der Waals surface area contributed by atoms with E-state index in [-0.39, 0.29) is 0 Å². The molecular weight excluding hydrogens is 198 g/mol. The smallest absolute Gasteiger partial charge is 0.132 e. The normalized spacial score (nSPS) is 23.5. The van der Waals surface area contributed by atoms with Crippen LogP contribution in [0.1, 0.15) is 48.5 Å². The predicted molar refractivity (Wildman–Crippen MR) is 65.4 cm³/mol. The van der Waals surface area contributed by atoms with Gasteiger partial charge in [-0.3, -0.25) is 0 Å². The lowest BCUT2D eigenvalue weighted by Gasteiger charge is -2.10. The summed E-state index contributed by atoms with van der Waals surface area (Å²) in [6, 6.07) is 0. The molecule has 88 valence electrons. The van der Waals surface area contributed by atoms with E-state index in [0.717, 1.165) is 42.5 Å². The van der Waals surface area contributed by atoms with Gasteiger partial charge in [-0.1, -0.05) is 6.92 Å². The molecule has 0 spiro atoms. The maximum absolute atomic E-state index is 5.54. The zero-order valence-electron chi connectivity index (χ0n) is 10.5. The third-order valence-corrected chi connectivity index (χ3v) is 3.51. The standard InChI is InChI=1S/C13H21N3/c1-8-7-12(8)13-15-9(2)11(5-4-6-14)10(3)16-13/h8,12H,4-7,14H2,1-3H3. The van der Waals surface area contributed by atoms with Gasteiger partial charge >= 0.3 is 0 Å². The van der Waals surface area contributed by atoms with Crippen LogP contribution in [0.15, 0.2) is 0 Å². The van der Waals surface area contributed by atoms with Crippen LogP contribution in [0.3, 0.4) is 0 Å². The van der Waals surface area contributed by atoms with Gasteiger partial charge < -0.3 is 5.73 Å². The van der Waals surface area contributed by atoms with Crippen LogP contribution in [0.5, 0.6) is 0 Å². The zero-order chi connectivity index (χ0) is 11.7. The van der Waals surface area contributed by atoms with E-state index in [1.54, 1.807) is 0 Å². The predicted octanol–water partition coefficient (Wildman–Crippen LogP) is 2.11. The number of aryl methyl sites for hydroxylation is 2. The fourth-order valence-corrected chi connectivity index (χ4v) is 2.25. The molecule has 1 fully saturated rings. The highest BCUT2D eigenvalue weighted by atomic mass is 14.9. The van der Waals surface area contributed by atoms with Crippen LogP contribution >= 0.6 is 0 Å². The summed E-state index contributed by atoms with van der Waals surface area (Å²) in [7, 11) is 0. The topological polar surface area (TPSA) is 51.8 Å². The first-order valence-corrected chi connectivity index (χ1v) is 6.17. The minimum atomic E-state index is 0.612. The van der Waals surface area contributed by atoms with Crippen LogP contribution in [0, 0.1) is 19.8 Å². The van der Waals surface area contributed by atoms with E-state index in [9.17, 15) is 0 Å². The van der Waals surface area contributed by atoms with E-state index in [2.05, 4.69) is 30.7 Å². The first-order chi connectivity index (χ1) is 7.63. The van der Waals surface area contributed by atoms with Crippen LogP contribution in [0.4, 0.5) is 0 Å². The fourth-order valence-electron chi connectivity index (χ4n) is 2.25. The van der Waals surface area contributed by atoms with Crippen molar-refractivity contribution < 1.29 is 0 Å². The Bertz CT molecular complexity index is 364. The summed E-state index contributed by atoms with van der Waals surface area (Å²) in [4.78, 5) is 9.29. The second-order valence-electron chi connectivity index (χ2n) is 4.94. The summed E-state index contributed by atoms with van der Waals surface area (Å²) < 4.78 is 0. The van der Waals surface area contributed by atoms with Crippen molar-refractivity contribution in [3.63, 3.8) is 0 Å². The van der Waals surface area contributed by atoms with Crippen LogP contribution < -0.4 is 5.73 Å². The highest BCUT2D eigenvalue weighted by Crippen LogP contribution is 2.45. The quantitative estimate of drug-likeness (QED) is 0.843. The second-order valence-corrected chi connectivity index (χ2v) is 4.94. The van der Waals surface area contributed by atoms with Crippen molar-refractivity contribution in [2.45, 2.75) is 46.0 Å². The highest BCUT2D eigenvalue weighted by molar-refractivity contribution is 5.26. The molecule has 1 aliphatic rings. The molecule has 2 unspecified atom stereocenters. The summed E-state index contributed by atoms with van der Waals surface area (Å²) in [6.45, 7) is 7.19. The van der Waals surface area contributed by atoms with Crippen molar-refractivity contribution in [1.82, 2.24) is 9.97 Å². The Morgan fingerprint density at radius 1 is 1.25 bits per heavy atom. The summed E-state index contributed by atoms with van der Waals surface area (Å²) in [5.74, 6) is 2.44. The number of rotatable bonds is 4. The molecular formula is C13H21N3. The summed E-state index contributed by atoms with van der Waals surface area (Å²) in [5.41, 5.74) is 9.13. The molecule has 0 saturated heterocycles. The first-order valence-electron chi connectivity index (χ1n) is 6.17. The first kappa shape index (κ1) is 11.5. The average Bonchev–Trinajstić information content (AvgIpc) is 2.94. The number of hydrogen-bond acceptors (Lipinski definition) is 3. The molecule has 1 saturated carbocycles. The maximum Gasteiger partial charge on any atom is 0.132 e. The number of nitrogens with zero attached hydrogens (tertiary/aromatic N) is 2. The minimum Gasteiger partial charge on any atom is -0.330 e. The van der Waals surface area contributed by atoms with E-state index >= 15 is 0 Å². The molecule has 3 heteroatoms. The lowest BCUT2D eigenvalue weighted by atomic mass is 10.1. The maximum atomic E-state index is 5.54. The largest absolute Gasteiger partial charge is 0.330 e. The summed E-state index contributed by atoms with van der Waals surface area (Å²) in [6.07, 6.45) is 3.28. The highest BCUT2D eigenvalue weighted by Gasteiger charge is 2.36. The molecule has 0 bridgehead atoms. The molecule has 1 aromatic rings. The van der Waals surface area contributed by atoms with E-state index in [1.807, 2.05) is 0 Å². The van der Waals surface area contributed by atoms with Gasteiger partial charge in [-0.2, -0.15) is 0 Å². The SMILES string of the molecule is Cc1nc(C2CC2C)nc(C)c1CCCN. The number of hydrogen-bond donors (Lipinski definition) is 1. The van der Waals surface area contributed by atoms with Gasteiger partial charge in [0.05, 0.1) is 0 Å². The number of aromatic nitrogens is 2. The summed E-state index contributed by atoms with van der Waals surface area (Å²) in [5, 5.41) is 0. The Morgan fingerprint density at radius 2 is 1.81 bits per heavy atom. The molecule has 0 radical (unpaired) electrons. The molecule has 16 heavy (non-hydrogen) atoms. The Kier molecular flexibility index (Phi) is 3.24. The third-order valence-electron chi connectivity index (χ3n) is 3.51. The van der Waals surface area contributed by atoms with Crippen LogP contribution in [0.25, 0.3) is 0 Å². The Labute approximate surface area is 97.5 Å². The van der Waals surface area contributed by atoms with E-state index < -0.39 is 0 Å². The lowest BCUT2D eigenvalue weighted by molar-refractivity contribution is 0.772. The molecule has 1 heterocycles. The fraction of sp³-hybridized carbons (Fsp3) is 0.692. The van der Waals surface area contributed by atoms with E-state index in [0.29, 0.717) is 5.92 Å². The van der Waals surface area contributed by atoms with E-state index in [1.165, 1.54) is 12.0 Å². The van der Waals surface area contributed by atoms with Gasteiger partial charge in [-0.15, -0.1) is 0 Å². The molecule has 1 aliphatic carbocycles. The van der Waals surface area contributed by atoms with Crippen molar-refractivity contribution in [2.24, 2.45) is 11.7 Å². The van der Waals surface area contributed by atoms with Crippen molar-refractivity contribution >= 4 is 0 Å². The Balaban J connectivity index is 2.21. The van der Waals surface area contributed by atoms with Gasteiger partial charge in [0.1, 0.15) is 5.82 Å². The van der Waals surface area contributed by atoms with E-state index in [4.69, 9.17) is 5.73 Å². The molecule has 2 atom stereocenters. The van der Waals surface area contributed by atoms with Gasteiger partial charge in [0.25, 0.3) is 0 Å². The van der Waals surface area contributed by atoms with Gasteiger partial charge in [0, 0.05) is 17.3 Å². The van der Waals surface area contributed by atoms with Crippen LogP contribution in [-0.4, -0.2) is 16.5 Å². The molecule has 0 aliphatic heterocycles. The molecule has 1 aromatic heterocycles. The van der Waals surface area contributed by atoms with Gasteiger partial charge in [0.2, 0.25) is 0 Å². The Hall–Kier alpha value is -0.960. The summed E-state index contributed by atoms with van der Waals surface area (Å²) >= 11 is 0. The number of nitrogens with two attached hydrogens (primary N) is 1. The van der Waals surface area contributed by atoms with Gasteiger partial charge in [-0.25, -0.2) is 9.97 Å². The van der Waals surface area contributed by atoms with Crippen molar-refractivity contribution in [1.29, 1.82) is 0 Å². The third kappa shape index (κ3) is 2.24. The molecule has 2 rings (SSSR count). The van der Waals surface area contributed by atoms with Crippen molar-refractivity contribution in [3.05, 3.63) is 22.8 Å². The molecule has 0 amide bonds. The van der Waals surface area contributed by atoms with Gasteiger partial charge in [0.15, 0.2) is 0 Å². The van der Waals surface area contributed by atoms with Crippen LogP contribution in [0.2, 0.25) is 0 Å². The molecule has 2 N–H and O–H groups in total. The van der Waals surface area contributed by atoms with Crippen molar-refractivity contribution in [3.8, 4) is 0 Å². The monoisotopic (exact) mass is 219 g/mol. The minimum absolute atomic E-state index is 0.612. The Morgan fingerprint density at radius 3 is 2.25 bits per heavy atom. The zero-order valence-corrected chi connectivity index (χ0v) is 10.5. The molecule has 3 nitrogen and oxygen atoms in total. The van der Waals surface area contributed by atoms with Gasteiger partial charge in [-0.05, 0) is 51.1 Å². The van der Waals surface area contributed by atoms with Crippen LogP contribution in [-0.2, 0) is 6.42 Å². The van der Waals surface area contributed by atoms with Crippen molar-refractivity contribution in [2.75, 3.05) is 6.54 Å².